The van der Waals surface area contributed by atoms with Gasteiger partial charge in [-0.25, -0.2) is 0 Å². The van der Waals surface area contributed by atoms with Gasteiger partial charge >= 0.3 is 0 Å². The first kappa shape index (κ1) is 11.6. The molecule has 1 aliphatic carbocycles. The molecule has 0 amide bonds. The normalized spacial score (nSPS) is 15.6. The molecular formula is C13H21N3. The molecule has 0 spiro atoms. The van der Waals surface area contributed by atoms with E-state index in [1.807, 2.05) is 12.4 Å². The Morgan fingerprint density at radius 1 is 1.38 bits per heavy atom. The SMILES string of the molecule is CN(CCNCC1CC1)Cc1ccncc1. The van der Waals surface area contributed by atoms with Crippen LogP contribution in [-0.4, -0.2) is 36.6 Å². The Morgan fingerprint density at radius 3 is 2.81 bits per heavy atom. The fraction of sp³-hybridized carbons (Fsp3) is 0.615. The molecule has 0 atom stereocenters. The minimum absolute atomic E-state index is 0.977. The third-order valence-electron chi connectivity index (χ3n) is 3.00. The predicted octanol–water partition coefficient (Wildman–Crippen LogP) is 1.51. The number of aromatic nitrogens is 1. The van der Waals surface area contributed by atoms with E-state index in [1.165, 1.54) is 24.9 Å². The molecule has 0 aliphatic heterocycles. The highest BCUT2D eigenvalue weighted by Crippen LogP contribution is 2.27. The summed E-state index contributed by atoms with van der Waals surface area (Å²) in [5, 5.41) is 3.51. The average molecular weight is 219 g/mol. The summed E-state index contributed by atoms with van der Waals surface area (Å²) < 4.78 is 0. The van der Waals surface area contributed by atoms with Gasteiger partial charge in [0.15, 0.2) is 0 Å². The highest BCUT2D eigenvalue weighted by atomic mass is 15.1. The van der Waals surface area contributed by atoms with Crippen LogP contribution in [0.15, 0.2) is 24.5 Å². The summed E-state index contributed by atoms with van der Waals surface area (Å²) in [5.74, 6) is 0.977. The third-order valence-corrected chi connectivity index (χ3v) is 3.00. The molecule has 3 heteroatoms. The summed E-state index contributed by atoms with van der Waals surface area (Å²) in [6.45, 7) is 4.42. The fourth-order valence-electron chi connectivity index (χ4n) is 1.78. The highest BCUT2D eigenvalue weighted by Gasteiger charge is 2.19. The van der Waals surface area contributed by atoms with Crippen molar-refractivity contribution in [2.75, 3.05) is 26.7 Å². The van der Waals surface area contributed by atoms with Crippen molar-refractivity contribution in [2.24, 2.45) is 5.92 Å². The number of nitrogens with one attached hydrogen (secondary N) is 1. The second-order valence-electron chi connectivity index (χ2n) is 4.74. The summed E-state index contributed by atoms with van der Waals surface area (Å²) >= 11 is 0. The first-order valence-electron chi connectivity index (χ1n) is 6.13. The van der Waals surface area contributed by atoms with Crippen molar-refractivity contribution in [1.82, 2.24) is 15.2 Å². The quantitative estimate of drug-likeness (QED) is 0.705. The predicted molar refractivity (Wildman–Crippen MR) is 66.2 cm³/mol. The van der Waals surface area contributed by atoms with E-state index in [-0.39, 0.29) is 0 Å². The van der Waals surface area contributed by atoms with Gasteiger partial charge < -0.3 is 10.2 Å². The lowest BCUT2D eigenvalue weighted by molar-refractivity contribution is 0.323. The summed E-state index contributed by atoms with van der Waals surface area (Å²) in [6.07, 6.45) is 6.57. The summed E-state index contributed by atoms with van der Waals surface area (Å²) in [5.41, 5.74) is 1.33. The lowest BCUT2D eigenvalue weighted by Crippen LogP contribution is -2.30. The van der Waals surface area contributed by atoms with E-state index in [9.17, 15) is 0 Å². The molecule has 1 aromatic rings. The number of hydrogen-bond acceptors (Lipinski definition) is 3. The maximum absolute atomic E-state index is 4.02. The van der Waals surface area contributed by atoms with E-state index in [0.717, 1.165) is 25.6 Å². The molecule has 0 unspecified atom stereocenters. The van der Waals surface area contributed by atoms with E-state index < -0.39 is 0 Å². The van der Waals surface area contributed by atoms with Crippen molar-refractivity contribution >= 4 is 0 Å². The van der Waals surface area contributed by atoms with E-state index in [0.29, 0.717) is 0 Å². The summed E-state index contributed by atoms with van der Waals surface area (Å²) in [4.78, 5) is 6.37. The first-order valence-corrected chi connectivity index (χ1v) is 6.13. The Balaban J connectivity index is 1.58. The van der Waals surface area contributed by atoms with Crippen molar-refractivity contribution in [3.05, 3.63) is 30.1 Å². The number of hydrogen-bond donors (Lipinski definition) is 1. The van der Waals surface area contributed by atoms with Gasteiger partial charge in [-0.3, -0.25) is 4.98 Å². The molecular weight excluding hydrogens is 198 g/mol. The topological polar surface area (TPSA) is 28.2 Å². The molecule has 0 saturated heterocycles. The number of likely N-dealkylation sites (N-methyl/N-ethyl adjacent to an activating group) is 1. The van der Waals surface area contributed by atoms with Gasteiger partial charge in [0.1, 0.15) is 0 Å². The fourth-order valence-corrected chi connectivity index (χ4v) is 1.78. The minimum atomic E-state index is 0.977. The van der Waals surface area contributed by atoms with Crippen LogP contribution in [0, 0.1) is 5.92 Å². The van der Waals surface area contributed by atoms with E-state index in [4.69, 9.17) is 0 Å². The van der Waals surface area contributed by atoms with Crippen LogP contribution in [0.1, 0.15) is 18.4 Å². The zero-order chi connectivity index (χ0) is 11.2. The lowest BCUT2D eigenvalue weighted by atomic mass is 10.2. The zero-order valence-corrected chi connectivity index (χ0v) is 10.0. The molecule has 1 aliphatic rings. The van der Waals surface area contributed by atoms with Crippen molar-refractivity contribution in [1.29, 1.82) is 0 Å². The smallest absolute Gasteiger partial charge is 0.0271 e. The molecule has 0 radical (unpaired) electrons. The Hall–Kier alpha value is -0.930. The zero-order valence-electron chi connectivity index (χ0n) is 10.0. The molecule has 0 bridgehead atoms. The molecule has 1 heterocycles. The highest BCUT2D eigenvalue weighted by molar-refractivity contribution is 5.09. The van der Waals surface area contributed by atoms with Gasteiger partial charge in [0.2, 0.25) is 0 Å². The van der Waals surface area contributed by atoms with Crippen LogP contribution in [0.5, 0.6) is 0 Å². The maximum Gasteiger partial charge on any atom is 0.0271 e. The molecule has 1 saturated carbocycles. The van der Waals surface area contributed by atoms with Crippen molar-refractivity contribution < 1.29 is 0 Å². The van der Waals surface area contributed by atoms with Gasteiger partial charge in [-0.1, -0.05) is 0 Å². The molecule has 1 fully saturated rings. The lowest BCUT2D eigenvalue weighted by Gasteiger charge is -2.16. The Kier molecular flexibility index (Phi) is 4.31. The van der Waals surface area contributed by atoms with Crippen molar-refractivity contribution in [3.63, 3.8) is 0 Å². The molecule has 3 nitrogen and oxygen atoms in total. The minimum Gasteiger partial charge on any atom is -0.315 e. The third kappa shape index (κ3) is 4.29. The van der Waals surface area contributed by atoms with Crippen LogP contribution in [0.4, 0.5) is 0 Å². The van der Waals surface area contributed by atoms with Gasteiger partial charge in [0.05, 0.1) is 0 Å². The molecule has 1 aromatic heterocycles. The van der Waals surface area contributed by atoms with Gasteiger partial charge in [0.25, 0.3) is 0 Å². The van der Waals surface area contributed by atoms with Crippen LogP contribution in [0.3, 0.4) is 0 Å². The number of pyridine rings is 1. The number of nitrogens with zero attached hydrogens (tertiary/aromatic N) is 2. The van der Waals surface area contributed by atoms with Gasteiger partial charge in [0, 0.05) is 32.0 Å². The van der Waals surface area contributed by atoms with Crippen molar-refractivity contribution in [2.45, 2.75) is 19.4 Å². The van der Waals surface area contributed by atoms with Gasteiger partial charge in [-0.05, 0) is 50.0 Å². The van der Waals surface area contributed by atoms with Crippen LogP contribution in [-0.2, 0) is 6.54 Å². The second kappa shape index (κ2) is 5.97. The molecule has 0 aromatic carbocycles. The molecule has 88 valence electrons. The summed E-state index contributed by atoms with van der Waals surface area (Å²) in [7, 11) is 2.17. The Morgan fingerprint density at radius 2 is 2.12 bits per heavy atom. The van der Waals surface area contributed by atoms with E-state index in [1.54, 1.807) is 0 Å². The van der Waals surface area contributed by atoms with Crippen LogP contribution >= 0.6 is 0 Å². The van der Waals surface area contributed by atoms with Crippen LogP contribution in [0.2, 0.25) is 0 Å². The van der Waals surface area contributed by atoms with E-state index in [2.05, 4.69) is 34.4 Å². The largest absolute Gasteiger partial charge is 0.315 e. The Labute approximate surface area is 97.9 Å². The van der Waals surface area contributed by atoms with Crippen LogP contribution in [0.25, 0.3) is 0 Å². The standard InChI is InChI=1S/C13H21N3/c1-16(9-8-15-10-12-2-3-12)11-13-4-6-14-7-5-13/h4-7,12,15H,2-3,8-11H2,1H3. The monoisotopic (exact) mass is 219 g/mol. The Bertz CT molecular complexity index is 295. The van der Waals surface area contributed by atoms with Crippen LogP contribution < -0.4 is 5.32 Å². The molecule has 16 heavy (non-hydrogen) atoms. The summed E-state index contributed by atoms with van der Waals surface area (Å²) in [6, 6.07) is 4.16. The number of rotatable bonds is 7. The van der Waals surface area contributed by atoms with Gasteiger partial charge in [-0.15, -0.1) is 0 Å². The maximum atomic E-state index is 4.02. The second-order valence-corrected chi connectivity index (χ2v) is 4.74. The molecule has 2 rings (SSSR count). The van der Waals surface area contributed by atoms with E-state index >= 15 is 0 Å². The average Bonchev–Trinajstić information content (AvgIpc) is 3.10. The molecule has 1 N–H and O–H groups in total. The van der Waals surface area contributed by atoms with Gasteiger partial charge in [-0.2, -0.15) is 0 Å². The van der Waals surface area contributed by atoms with Crippen molar-refractivity contribution in [3.8, 4) is 0 Å². The first-order chi connectivity index (χ1) is 7.84.